The summed E-state index contributed by atoms with van der Waals surface area (Å²) in [5.74, 6) is -1.84. The molecule has 3 aliphatic heterocycles. The molecule has 0 spiro atoms. The molecule has 0 fully saturated rings. The highest BCUT2D eigenvalue weighted by molar-refractivity contribution is 9.10. The lowest BCUT2D eigenvalue weighted by Crippen LogP contribution is -2.04. The van der Waals surface area contributed by atoms with Crippen LogP contribution in [0.1, 0.15) is 36.2 Å². The molecule has 0 bridgehead atoms. The number of benzene rings is 3. The topological polar surface area (TPSA) is 157 Å². The molecule has 12 nitrogen and oxygen atoms in total. The maximum atomic E-state index is 13.5. The first-order chi connectivity index (χ1) is 22.0. The Morgan fingerprint density at radius 3 is 1.72 bits per heavy atom. The molecule has 16 heteroatoms. The molecule has 46 heavy (non-hydrogen) atoms. The lowest BCUT2D eigenvalue weighted by molar-refractivity contribution is -0.386. The van der Waals surface area contributed by atoms with E-state index in [1.165, 1.54) is 54.8 Å². The molecule has 0 amide bonds. The number of hydrogen-bond acceptors (Lipinski definition) is 9. The van der Waals surface area contributed by atoms with Crippen molar-refractivity contribution in [1.82, 2.24) is 0 Å². The fraction of sp³-hybridized carbons (Fsp3) is 0.200. The molecule has 3 aliphatic rings. The number of nitro groups is 3. The molecule has 242 valence electrons. The number of ether oxygens (including phenoxy) is 3. The van der Waals surface area contributed by atoms with Crippen molar-refractivity contribution < 1.29 is 42.2 Å². The molecule has 3 aromatic rings. The van der Waals surface area contributed by atoms with Crippen molar-refractivity contribution in [2.75, 3.05) is 13.2 Å². The van der Waals surface area contributed by atoms with Gasteiger partial charge in [-0.15, -0.1) is 0 Å². The Kier molecular flexibility index (Phi) is 13.4. The summed E-state index contributed by atoms with van der Waals surface area (Å²) in [6, 6.07) is 11.2. The smallest absolute Gasteiger partial charge is 0.286 e. The molecular weight excluding hydrogens is 683 g/mol. The Bertz CT molecular complexity index is 1640. The van der Waals surface area contributed by atoms with Crippen LogP contribution in [0.25, 0.3) is 0 Å². The lowest BCUT2D eigenvalue weighted by atomic mass is 10.0. The third-order valence-electron chi connectivity index (χ3n) is 6.15. The van der Waals surface area contributed by atoms with Crippen LogP contribution in [0.5, 0.6) is 0 Å². The molecule has 3 aromatic carbocycles. The number of hydrogen-bond donors (Lipinski definition) is 0. The molecule has 2 atom stereocenters. The van der Waals surface area contributed by atoms with E-state index in [0.717, 1.165) is 19.1 Å². The van der Waals surface area contributed by atoms with Crippen LogP contribution in [0.2, 0.25) is 0 Å². The molecule has 0 aliphatic carbocycles. The highest BCUT2D eigenvalue weighted by atomic mass is 79.9. The van der Waals surface area contributed by atoms with Crippen molar-refractivity contribution in [2.45, 2.75) is 25.0 Å². The normalized spacial score (nSPS) is 16.9. The summed E-state index contributed by atoms with van der Waals surface area (Å²) in [5.41, 5.74) is -0.719. The summed E-state index contributed by atoms with van der Waals surface area (Å²) in [4.78, 5) is 29.7. The zero-order chi connectivity index (χ0) is 33.6. The maximum Gasteiger partial charge on any atom is 0.286 e. The minimum Gasteiger partial charge on any atom is -0.501 e. The number of nitrogens with zero attached hydrogens (tertiary/aromatic N) is 3. The summed E-state index contributed by atoms with van der Waals surface area (Å²) in [5, 5.41) is 31.6. The van der Waals surface area contributed by atoms with Gasteiger partial charge in [-0.05, 0) is 46.3 Å². The molecule has 0 aromatic heterocycles. The standard InChI is InChI=1S/2C10H8FNO3.C6H3BrFNO2.C4H6O/c2*11-7-3-1-4-8(12(13)14)10(7)9-5-2-6-15-9;7-6-4(8)2-1-3-5(6)9(10)11;1-2-4-5-3-1/h1-4,6,9H,5H2;1-5,9H,6H2;1-3H;1,3H,2,4H2. The van der Waals surface area contributed by atoms with Gasteiger partial charge in [0.15, 0.2) is 0 Å². The van der Waals surface area contributed by atoms with Crippen molar-refractivity contribution in [3.05, 3.63) is 155 Å². The Morgan fingerprint density at radius 2 is 1.28 bits per heavy atom. The van der Waals surface area contributed by atoms with Crippen LogP contribution in [0.3, 0.4) is 0 Å². The molecule has 3 heterocycles. The van der Waals surface area contributed by atoms with Crippen molar-refractivity contribution >= 4 is 33.0 Å². The van der Waals surface area contributed by atoms with E-state index < -0.39 is 44.4 Å². The fourth-order valence-corrected chi connectivity index (χ4v) is 4.50. The van der Waals surface area contributed by atoms with Crippen molar-refractivity contribution in [3.63, 3.8) is 0 Å². The van der Waals surface area contributed by atoms with E-state index >= 15 is 0 Å². The van der Waals surface area contributed by atoms with Gasteiger partial charge in [0.05, 0.1) is 46.1 Å². The van der Waals surface area contributed by atoms with Gasteiger partial charge in [0.25, 0.3) is 17.1 Å². The second kappa shape index (κ2) is 17.4. The van der Waals surface area contributed by atoms with E-state index in [0.29, 0.717) is 13.0 Å². The maximum absolute atomic E-state index is 13.5. The zero-order valence-corrected chi connectivity index (χ0v) is 25.3. The Morgan fingerprint density at radius 1 is 0.717 bits per heavy atom. The van der Waals surface area contributed by atoms with Crippen molar-refractivity contribution in [1.29, 1.82) is 0 Å². The molecule has 0 radical (unpaired) electrons. The predicted octanol–water partition coefficient (Wildman–Crippen LogP) is 8.49. The van der Waals surface area contributed by atoms with Gasteiger partial charge in [-0.3, -0.25) is 30.3 Å². The summed E-state index contributed by atoms with van der Waals surface area (Å²) < 4.78 is 54.4. The van der Waals surface area contributed by atoms with Gasteiger partial charge in [0.2, 0.25) is 0 Å². The Balaban J connectivity index is 0.000000176. The van der Waals surface area contributed by atoms with Crippen LogP contribution in [-0.2, 0) is 14.2 Å². The van der Waals surface area contributed by atoms with E-state index in [1.807, 2.05) is 6.08 Å². The molecule has 2 unspecified atom stereocenters. The van der Waals surface area contributed by atoms with Gasteiger partial charge < -0.3 is 14.2 Å². The van der Waals surface area contributed by atoms with Crippen LogP contribution >= 0.6 is 15.9 Å². The third-order valence-corrected chi connectivity index (χ3v) is 6.94. The Labute approximate surface area is 268 Å². The van der Waals surface area contributed by atoms with Crippen LogP contribution in [0, 0.1) is 47.8 Å². The van der Waals surface area contributed by atoms with Crippen LogP contribution in [-0.4, -0.2) is 28.0 Å². The SMILES string of the molecule is C1=COCC1.O=[N+]([O-])c1cccc(F)c1Br.O=[N+]([O-])c1cccc(F)c1C1C=CCO1.O=[N+]([O-])c1cccc(F)c1C1CC=CO1. The largest absolute Gasteiger partial charge is 0.501 e. The van der Waals surface area contributed by atoms with Gasteiger partial charge in [0, 0.05) is 31.0 Å². The summed E-state index contributed by atoms with van der Waals surface area (Å²) in [6.45, 7) is 1.25. The summed E-state index contributed by atoms with van der Waals surface area (Å²) in [7, 11) is 0. The average molecular weight is 708 g/mol. The summed E-state index contributed by atoms with van der Waals surface area (Å²) >= 11 is 2.76. The van der Waals surface area contributed by atoms with Crippen LogP contribution in [0.15, 0.2) is 95.9 Å². The summed E-state index contributed by atoms with van der Waals surface area (Å²) in [6.07, 6.45) is 10.5. The molecule has 0 saturated heterocycles. The molecule has 0 N–H and O–H groups in total. The highest BCUT2D eigenvalue weighted by Crippen LogP contribution is 2.35. The minimum atomic E-state index is -0.647. The van der Waals surface area contributed by atoms with Gasteiger partial charge in [-0.1, -0.05) is 30.4 Å². The van der Waals surface area contributed by atoms with E-state index in [1.54, 1.807) is 24.5 Å². The second-order valence-corrected chi connectivity index (χ2v) is 9.93. The molecular formula is C30H25BrF3N3O9. The molecule has 0 saturated carbocycles. The van der Waals surface area contributed by atoms with Gasteiger partial charge in [-0.25, -0.2) is 13.2 Å². The van der Waals surface area contributed by atoms with E-state index in [2.05, 4.69) is 15.9 Å². The monoisotopic (exact) mass is 707 g/mol. The van der Waals surface area contributed by atoms with E-state index in [-0.39, 0.29) is 32.7 Å². The first-order valence-electron chi connectivity index (χ1n) is 13.3. The first kappa shape index (κ1) is 35.4. The fourth-order valence-electron chi connectivity index (χ4n) is 4.09. The number of nitro benzene ring substituents is 3. The van der Waals surface area contributed by atoms with Crippen molar-refractivity contribution in [2.24, 2.45) is 0 Å². The highest BCUT2D eigenvalue weighted by Gasteiger charge is 2.28. The molecule has 6 rings (SSSR count). The number of halogens is 4. The van der Waals surface area contributed by atoms with Gasteiger partial charge >= 0.3 is 0 Å². The predicted molar refractivity (Wildman–Crippen MR) is 162 cm³/mol. The van der Waals surface area contributed by atoms with Gasteiger partial charge in [-0.2, -0.15) is 0 Å². The third kappa shape index (κ3) is 9.70. The second-order valence-electron chi connectivity index (χ2n) is 9.14. The van der Waals surface area contributed by atoms with E-state index in [9.17, 15) is 43.5 Å². The van der Waals surface area contributed by atoms with Gasteiger partial charge in [0.1, 0.15) is 39.7 Å². The van der Waals surface area contributed by atoms with E-state index in [4.69, 9.17) is 14.2 Å². The first-order valence-corrected chi connectivity index (χ1v) is 14.1. The average Bonchev–Trinajstić information content (AvgIpc) is 3.84. The van der Waals surface area contributed by atoms with Crippen molar-refractivity contribution in [3.8, 4) is 0 Å². The minimum absolute atomic E-state index is 0.00347. The lowest BCUT2D eigenvalue weighted by Gasteiger charge is -2.11. The van der Waals surface area contributed by atoms with Crippen LogP contribution < -0.4 is 0 Å². The Hall–Kier alpha value is -5.09. The number of rotatable bonds is 5. The zero-order valence-electron chi connectivity index (χ0n) is 23.7. The quantitative estimate of drug-likeness (QED) is 0.144. The van der Waals surface area contributed by atoms with Crippen LogP contribution in [0.4, 0.5) is 30.2 Å².